The second-order valence-corrected chi connectivity index (χ2v) is 6.93. The predicted molar refractivity (Wildman–Crippen MR) is 106 cm³/mol. The number of rotatable bonds is 5. The van der Waals surface area contributed by atoms with E-state index in [9.17, 15) is 9.59 Å². The van der Waals surface area contributed by atoms with Crippen molar-refractivity contribution in [2.24, 2.45) is 0 Å². The first-order valence-electron chi connectivity index (χ1n) is 8.90. The molecule has 0 spiro atoms. The number of nitrogens with one attached hydrogen (secondary N) is 1. The minimum Gasteiger partial charge on any atom is -0.350 e. The smallest absolute Gasteiger partial charge is 0.240 e. The molecule has 2 amide bonds. The molecule has 0 unspecified atom stereocenters. The zero-order valence-electron chi connectivity index (χ0n) is 15.0. The first kappa shape index (κ1) is 18.2. The zero-order valence-corrected chi connectivity index (χ0v) is 15.8. The largest absolute Gasteiger partial charge is 0.350 e. The van der Waals surface area contributed by atoms with E-state index in [1.165, 1.54) is 4.90 Å². The van der Waals surface area contributed by atoms with Crippen LogP contribution in [0.1, 0.15) is 12.0 Å². The van der Waals surface area contributed by atoms with Crippen LogP contribution in [-0.4, -0.2) is 33.1 Å². The summed E-state index contributed by atoms with van der Waals surface area (Å²) < 4.78 is 1.76. The van der Waals surface area contributed by atoms with Crippen LogP contribution in [0.25, 0.3) is 11.3 Å². The Morgan fingerprint density at radius 1 is 1.21 bits per heavy atom. The molecule has 0 bridgehead atoms. The number of fused-ring (bicyclic) bond motifs is 1. The molecule has 28 heavy (non-hydrogen) atoms. The third kappa shape index (κ3) is 3.89. The highest BCUT2D eigenvalue weighted by molar-refractivity contribution is 6.30. The first-order valence-corrected chi connectivity index (χ1v) is 9.28. The normalized spacial score (nSPS) is 13.3. The van der Waals surface area contributed by atoms with E-state index in [4.69, 9.17) is 11.6 Å². The van der Waals surface area contributed by atoms with Gasteiger partial charge in [-0.2, -0.15) is 5.10 Å². The Labute approximate surface area is 166 Å². The summed E-state index contributed by atoms with van der Waals surface area (Å²) >= 11 is 6.07. The van der Waals surface area contributed by atoms with Crippen molar-refractivity contribution in [3.8, 4) is 11.3 Å². The van der Waals surface area contributed by atoms with E-state index < -0.39 is 0 Å². The van der Waals surface area contributed by atoms with Gasteiger partial charge >= 0.3 is 0 Å². The summed E-state index contributed by atoms with van der Waals surface area (Å²) in [6.45, 7) is 0.796. The van der Waals surface area contributed by atoms with Crippen molar-refractivity contribution in [3.63, 3.8) is 0 Å². The van der Waals surface area contributed by atoms with Gasteiger partial charge in [-0.05, 0) is 23.8 Å². The van der Waals surface area contributed by atoms with Crippen molar-refractivity contribution in [2.45, 2.75) is 19.5 Å². The fourth-order valence-corrected chi connectivity index (χ4v) is 3.30. The molecule has 0 aliphatic carbocycles. The van der Waals surface area contributed by atoms with Gasteiger partial charge in [-0.3, -0.25) is 19.5 Å². The Kier molecular flexibility index (Phi) is 5.08. The molecule has 7 nitrogen and oxygen atoms in total. The van der Waals surface area contributed by atoms with E-state index in [1.54, 1.807) is 23.1 Å². The van der Waals surface area contributed by atoms with Crippen molar-refractivity contribution < 1.29 is 9.59 Å². The molecule has 0 radical (unpaired) electrons. The van der Waals surface area contributed by atoms with E-state index in [0.717, 1.165) is 11.1 Å². The van der Waals surface area contributed by atoms with E-state index in [2.05, 4.69) is 15.4 Å². The van der Waals surface area contributed by atoms with Gasteiger partial charge in [-0.25, -0.2) is 4.68 Å². The van der Waals surface area contributed by atoms with Gasteiger partial charge < -0.3 is 5.32 Å². The van der Waals surface area contributed by atoms with Gasteiger partial charge in [-0.1, -0.05) is 29.8 Å². The van der Waals surface area contributed by atoms with Gasteiger partial charge in [0.15, 0.2) is 0 Å². The lowest BCUT2D eigenvalue weighted by Gasteiger charge is -2.26. The molecule has 8 heteroatoms. The summed E-state index contributed by atoms with van der Waals surface area (Å²) in [4.78, 5) is 30.3. The Balaban J connectivity index is 1.51. The van der Waals surface area contributed by atoms with Crippen LogP contribution in [-0.2, 0) is 22.7 Å². The Morgan fingerprint density at radius 2 is 2.11 bits per heavy atom. The summed E-state index contributed by atoms with van der Waals surface area (Å²) in [5, 5.41) is 8.01. The molecule has 1 aromatic carbocycles. The van der Waals surface area contributed by atoms with Crippen LogP contribution in [0, 0.1) is 0 Å². The maximum Gasteiger partial charge on any atom is 0.240 e. The number of halogens is 1. The second kappa shape index (κ2) is 7.82. The molecule has 0 atom stereocenters. The van der Waals surface area contributed by atoms with Crippen LogP contribution < -0.4 is 10.2 Å². The van der Waals surface area contributed by atoms with Gasteiger partial charge in [0.05, 0.1) is 12.2 Å². The number of nitrogens with zero attached hydrogens (tertiary/aromatic N) is 4. The average Bonchev–Trinajstić information content (AvgIpc) is 3.14. The number of carbonyl (C=O) groups excluding carboxylic acids is 2. The van der Waals surface area contributed by atoms with Crippen molar-refractivity contribution in [1.29, 1.82) is 0 Å². The number of pyridine rings is 1. The highest BCUT2D eigenvalue weighted by Crippen LogP contribution is 2.29. The van der Waals surface area contributed by atoms with Crippen molar-refractivity contribution in [2.75, 3.05) is 11.4 Å². The average molecular weight is 396 g/mol. The molecular weight excluding hydrogens is 378 g/mol. The van der Waals surface area contributed by atoms with Crippen LogP contribution in [0.5, 0.6) is 0 Å². The summed E-state index contributed by atoms with van der Waals surface area (Å²) in [6.07, 6.45) is 3.68. The maximum atomic E-state index is 12.4. The third-order valence-electron chi connectivity index (χ3n) is 4.51. The van der Waals surface area contributed by atoms with Gasteiger partial charge in [0.25, 0.3) is 0 Å². The maximum absolute atomic E-state index is 12.4. The Hall–Kier alpha value is -3.19. The van der Waals surface area contributed by atoms with Crippen molar-refractivity contribution in [1.82, 2.24) is 20.1 Å². The fourth-order valence-electron chi connectivity index (χ4n) is 3.11. The topological polar surface area (TPSA) is 80.1 Å². The summed E-state index contributed by atoms with van der Waals surface area (Å²) in [7, 11) is 0. The third-order valence-corrected chi connectivity index (χ3v) is 4.74. The minimum absolute atomic E-state index is 0.0558. The van der Waals surface area contributed by atoms with Crippen LogP contribution in [0.15, 0.2) is 54.9 Å². The Bertz CT molecular complexity index is 1020. The molecule has 0 saturated carbocycles. The number of aryl methyl sites for hydroxylation is 1. The molecule has 3 aromatic rings. The molecule has 1 N–H and O–H groups in total. The van der Waals surface area contributed by atoms with Crippen LogP contribution in [0.3, 0.4) is 0 Å². The number of hydrogen-bond acceptors (Lipinski definition) is 4. The minimum atomic E-state index is -0.240. The second-order valence-electron chi connectivity index (χ2n) is 6.49. The number of amides is 2. The number of carbonyl (C=O) groups is 2. The zero-order chi connectivity index (χ0) is 19.5. The van der Waals surface area contributed by atoms with E-state index in [-0.39, 0.29) is 18.4 Å². The SMILES string of the molecule is O=C(CN1C(=O)CCn2nc(-c3cccc(Cl)c3)cc21)NCc1cccnc1. The van der Waals surface area contributed by atoms with Gasteiger partial charge in [0.1, 0.15) is 12.4 Å². The van der Waals surface area contributed by atoms with Gasteiger partial charge in [-0.15, -0.1) is 0 Å². The molecule has 3 heterocycles. The quantitative estimate of drug-likeness (QED) is 0.720. The van der Waals surface area contributed by atoms with E-state index in [0.29, 0.717) is 36.0 Å². The highest BCUT2D eigenvalue weighted by Gasteiger charge is 2.28. The molecule has 142 valence electrons. The summed E-state index contributed by atoms with van der Waals surface area (Å²) in [5.41, 5.74) is 2.48. The number of aromatic nitrogens is 3. The molecule has 2 aromatic heterocycles. The van der Waals surface area contributed by atoms with Gasteiger partial charge in [0, 0.05) is 42.0 Å². The summed E-state index contributed by atoms with van der Waals surface area (Å²) in [5.74, 6) is 0.278. The molecular formula is C20H18ClN5O2. The Morgan fingerprint density at radius 3 is 2.89 bits per heavy atom. The lowest BCUT2D eigenvalue weighted by atomic mass is 10.1. The number of anilines is 1. The monoisotopic (exact) mass is 395 g/mol. The van der Waals surface area contributed by atoms with Crippen LogP contribution >= 0.6 is 11.6 Å². The molecule has 1 aliphatic rings. The highest BCUT2D eigenvalue weighted by atomic mass is 35.5. The molecule has 0 fully saturated rings. The van der Waals surface area contributed by atoms with Gasteiger partial charge in [0.2, 0.25) is 11.8 Å². The fraction of sp³-hybridized carbons (Fsp3) is 0.200. The lowest BCUT2D eigenvalue weighted by Crippen LogP contribution is -2.44. The molecule has 0 saturated heterocycles. The van der Waals surface area contributed by atoms with E-state index >= 15 is 0 Å². The van der Waals surface area contributed by atoms with Crippen LogP contribution in [0.4, 0.5) is 5.82 Å². The number of benzene rings is 1. The van der Waals surface area contributed by atoms with Crippen LogP contribution in [0.2, 0.25) is 5.02 Å². The van der Waals surface area contributed by atoms with Crippen molar-refractivity contribution >= 4 is 29.2 Å². The lowest BCUT2D eigenvalue weighted by molar-refractivity contribution is -0.124. The molecule has 1 aliphatic heterocycles. The predicted octanol–water partition coefficient (Wildman–Crippen LogP) is 2.65. The molecule has 4 rings (SSSR count). The summed E-state index contributed by atoms with van der Waals surface area (Å²) in [6, 6.07) is 12.9. The van der Waals surface area contributed by atoms with Crippen molar-refractivity contribution in [3.05, 3.63) is 65.4 Å². The first-order chi connectivity index (χ1) is 13.6. The van der Waals surface area contributed by atoms with E-state index in [1.807, 2.05) is 36.4 Å². The number of hydrogen-bond donors (Lipinski definition) is 1. The standard InChI is InChI=1S/C20H18ClN5O2/c21-16-5-1-4-15(9-16)17-10-19-25(20(28)6-8-26(19)24-17)13-18(27)23-12-14-3-2-7-22-11-14/h1-5,7,9-11H,6,8,12-13H2,(H,23,27).